The summed E-state index contributed by atoms with van der Waals surface area (Å²) >= 11 is 0. The summed E-state index contributed by atoms with van der Waals surface area (Å²) in [5.74, 6) is -1.78. The third-order valence-corrected chi connectivity index (χ3v) is 12.1. The molecule has 0 aromatic heterocycles. The van der Waals surface area contributed by atoms with Gasteiger partial charge in [0.25, 0.3) is 0 Å². The topological polar surface area (TPSA) is 127 Å². The van der Waals surface area contributed by atoms with Crippen LogP contribution in [0.1, 0.15) is 33.6 Å². The smallest absolute Gasteiger partial charge is 0.343 e. The van der Waals surface area contributed by atoms with Gasteiger partial charge in [-0.25, -0.2) is 9.59 Å². The fourth-order valence-corrected chi connectivity index (χ4v) is 9.57. The van der Waals surface area contributed by atoms with Crippen LogP contribution in [0.3, 0.4) is 0 Å². The van der Waals surface area contributed by atoms with Crippen LogP contribution in [0.25, 0.3) is 11.1 Å². The van der Waals surface area contributed by atoms with Gasteiger partial charge in [0.2, 0.25) is 23.6 Å². The van der Waals surface area contributed by atoms with Crippen molar-refractivity contribution in [2.24, 2.45) is 47.3 Å². The predicted molar refractivity (Wildman–Crippen MR) is 195 cm³/mol. The maximum Gasteiger partial charge on any atom is 0.343 e. The molecule has 2 heterocycles. The molecule has 0 radical (unpaired) electrons. The van der Waals surface area contributed by atoms with Crippen molar-refractivity contribution in [1.29, 1.82) is 0 Å². The monoisotopic (exact) mass is 716 g/mol. The Kier molecular flexibility index (Phi) is 7.20. The lowest BCUT2D eigenvalue weighted by atomic mass is 9.85. The lowest BCUT2D eigenvalue weighted by Crippen LogP contribution is -2.32. The Morgan fingerprint density at radius 3 is 1.02 bits per heavy atom. The van der Waals surface area contributed by atoms with Gasteiger partial charge in [-0.1, -0.05) is 48.6 Å². The Morgan fingerprint density at radius 1 is 0.426 bits per heavy atom. The van der Waals surface area contributed by atoms with Crippen LogP contribution in [0.2, 0.25) is 0 Å². The lowest BCUT2D eigenvalue weighted by molar-refractivity contribution is -0.124. The van der Waals surface area contributed by atoms with Gasteiger partial charge >= 0.3 is 11.9 Å². The zero-order valence-electron chi connectivity index (χ0n) is 28.7. The number of hydrogen-bond donors (Lipinski definition) is 0. The quantitative estimate of drug-likeness (QED) is 0.0929. The van der Waals surface area contributed by atoms with E-state index < -0.39 is 11.9 Å². The summed E-state index contributed by atoms with van der Waals surface area (Å²) in [4.78, 5) is 80.9. The largest absolute Gasteiger partial charge is 0.423 e. The fraction of sp³-hybridized carbons (Fsp3) is 0.227. The van der Waals surface area contributed by atoms with E-state index in [-0.39, 0.29) is 82.1 Å². The summed E-state index contributed by atoms with van der Waals surface area (Å²) in [6.45, 7) is 0. The van der Waals surface area contributed by atoms with Crippen molar-refractivity contribution < 1.29 is 38.2 Å². The zero-order chi connectivity index (χ0) is 36.8. The third-order valence-electron chi connectivity index (χ3n) is 12.1. The van der Waals surface area contributed by atoms with Crippen molar-refractivity contribution in [3.05, 3.63) is 132 Å². The Morgan fingerprint density at radius 2 is 0.722 bits per heavy atom. The Bertz CT molecular complexity index is 2120. The average molecular weight is 717 g/mol. The molecule has 6 aliphatic rings. The van der Waals surface area contributed by atoms with E-state index in [1.807, 2.05) is 24.3 Å². The lowest BCUT2D eigenvalue weighted by Gasteiger charge is -2.17. The molecule has 4 aromatic carbocycles. The van der Waals surface area contributed by atoms with Gasteiger partial charge in [-0.2, -0.15) is 0 Å². The molecular formula is C44H32N2O8. The minimum atomic E-state index is -0.571. The molecule has 2 saturated carbocycles. The maximum absolute atomic E-state index is 13.1. The SMILES string of the molecule is O=C(Oc1ccc(-c2ccc(OC(=O)c3ccc(N4C(=O)C5C6C=CC(C6)C5C4=O)cc3)cc2)cc1)c1ccc(N2C(=O)C3C4C=CC(C4)C3C2=O)cc1. The second kappa shape index (κ2) is 12.1. The third kappa shape index (κ3) is 4.93. The number of amides is 4. The van der Waals surface area contributed by atoms with Crippen molar-refractivity contribution >= 4 is 46.9 Å². The van der Waals surface area contributed by atoms with Crippen LogP contribution in [0.15, 0.2) is 121 Å². The van der Waals surface area contributed by atoms with Gasteiger partial charge in [-0.05, 0) is 120 Å². The zero-order valence-corrected chi connectivity index (χ0v) is 28.7. The molecule has 0 N–H and O–H groups in total. The molecule has 4 fully saturated rings. The van der Waals surface area contributed by atoms with Crippen LogP contribution >= 0.6 is 0 Å². The van der Waals surface area contributed by atoms with E-state index in [1.165, 1.54) is 9.80 Å². The van der Waals surface area contributed by atoms with Crippen molar-refractivity contribution in [2.75, 3.05) is 9.80 Å². The van der Waals surface area contributed by atoms with E-state index in [2.05, 4.69) is 24.3 Å². The first-order valence-electron chi connectivity index (χ1n) is 18.2. The molecule has 4 bridgehead atoms. The number of rotatable bonds is 7. The van der Waals surface area contributed by atoms with Crippen LogP contribution in [-0.2, 0) is 19.2 Å². The van der Waals surface area contributed by atoms with Gasteiger partial charge in [0.1, 0.15) is 11.5 Å². The minimum Gasteiger partial charge on any atom is -0.423 e. The number of allylic oxidation sites excluding steroid dienone is 4. The van der Waals surface area contributed by atoms with Crippen LogP contribution in [-0.4, -0.2) is 35.6 Å². The molecule has 4 amide bonds. The van der Waals surface area contributed by atoms with Crippen LogP contribution in [0, 0.1) is 47.3 Å². The predicted octanol–water partition coefficient (Wildman–Crippen LogP) is 6.42. The number of anilines is 2. The van der Waals surface area contributed by atoms with Crippen molar-refractivity contribution in [1.82, 2.24) is 0 Å². The molecule has 4 aromatic rings. The summed E-state index contributed by atoms with van der Waals surface area (Å²) in [5.41, 5.74) is 3.17. The van der Waals surface area contributed by atoms with E-state index in [0.717, 1.165) is 24.0 Å². The number of carbonyl (C=O) groups excluding carboxylic acids is 6. The Balaban J connectivity index is 0.743. The number of fused-ring (bicyclic) bond motifs is 10. The summed E-state index contributed by atoms with van der Waals surface area (Å²) in [6.07, 6.45) is 9.95. The molecule has 2 aliphatic heterocycles. The van der Waals surface area contributed by atoms with Gasteiger partial charge < -0.3 is 9.47 Å². The van der Waals surface area contributed by atoms with Crippen molar-refractivity contribution in [2.45, 2.75) is 12.8 Å². The number of nitrogens with zero attached hydrogens (tertiary/aromatic N) is 2. The molecule has 10 rings (SSSR count). The van der Waals surface area contributed by atoms with Crippen molar-refractivity contribution in [3.63, 3.8) is 0 Å². The van der Waals surface area contributed by atoms with E-state index in [1.54, 1.807) is 72.8 Å². The van der Waals surface area contributed by atoms with Gasteiger partial charge in [0.05, 0.1) is 46.2 Å². The maximum atomic E-state index is 13.1. The number of imide groups is 2. The summed E-state index contributed by atoms with van der Waals surface area (Å²) in [6, 6.07) is 26.6. The van der Waals surface area contributed by atoms with E-state index >= 15 is 0 Å². The molecule has 54 heavy (non-hydrogen) atoms. The second-order valence-electron chi connectivity index (χ2n) is 14.9. The molecule has 8 atom stereocenters. The highest BCUT2D eigenvalue weighted by atomic mass is 16.5. The normalized spacial score (nSPS) is 28.3. The highest BCUT2D eigenvalue weighted by Crippen LogP contribution is 2.54. The molecule has 10 nitrogen and oxygen atoms in total. The molecule has 266 valence electrons. The van der Waals surface area contributed by atoms with E-state index in [0.29, 0.717) is 22.9 Å². The van der Waals surface area contributed by atoms with Gasteiger partial charge in [-0.3, -0.25) is 29.0 Å². The number of esters is 2. The standard InChI is InChI=1S/C44H32N2O8/c47-39-35-27-1-2-28(21-27)36(35)40(48)45(39)31-13-5-25(6-14-31)43(51)53-33-17-9-23(10-18-33)24-11-19-34(20-12-24)54-44(52)26-7-15-32(16-8-26)46-41(49)37-29-3-4-30(22-29)38(37)42(46)50/h1-20,27-30,35-38H,21-22H2. The van der Waals surface area contributed by atoms with E-state index in [9.17, 15) is 28.8 Å². The number of benzene rings is 4. The summed E-state index contributed by atoms with van der Waals surface area (Å²) in [7, 11) is 0. The number of ether oxygens (including phenoxy) is 2. The first-order chi connectivity index (χ1) is 26.2. The van der Waals surface area contributed by atoms with E-state index in [4.69, 9.17) is 9.47 Å². The first-order valence-corrected chi connectivity index (χ1v) is 18.2. The fourth-order valence-electron chi connectivity index (χ4n) is 9.57. The van der Waals surface area contributed by atoms with Crippen LogP contribution in [0.4, 0.5) is 11.4 Å². The molecule has 4 aliphatic carbocycles. The number of hydrogen-bond acceptors (Lipinski definition) is 8. The first kappa shape index (κ1) is 32.2. The van der Waals surface area contributed by atoms with Crippen LogP contribution < -0.4 is 19.3 Å². The Labute approximate surface area is 309 Å². The summed E-state index contributed by atoms with van der Waals surface area (Å²) in [5, 5.41) is 0. The Hall–Kier alpha value is -6.42. The average Bonchev–Trinajstić information content (AvgIpc) is 4.06. The molecule has 2 saturated heterocycles. The number of carbonyl (C=O) groups is 6. The minimum absolute atomic E-state index is 0.126. The molecular weight excluding hydrogens is 684 g/mol. The highest BCUT2D eigenvalue weighted by molar-refractivity contribution is 6.23. The molecule has 10 heteroatoms. The van der Waals surface area contributed by atoms with Crippen molar-refractivity contribution in [3.8, 4) is 22.6 Å². The highest BCUT2D eigenvalue weighted by Gasteiger charge is 2.60. The molecule has 8 unspecified atom stereocenters. The van der Waals surface area contributed by atoms with Crippen LogP contribution in [0.5, 0.6) is 11.5 Å². The van der Waals surface area contributed by atoms with Gasteiger partial charge in [0.15, 0.2) is 0 Å². The van der Waals surface area contributed by atoms with Gasteiger partial charge in [-0.15, -0.1) is 0 Å². The van der Waals surface area contributed by atoms with Gasteiger partial charge in [0, 0.05) is 0 Å². The summed E-state index contributed by atoms with van der Waals surface area (Å²) < 4.78 is 11.2. The molecule has 0 spiro atoms. The second-order valence-corrected chi connectivity index (χ2v) is 14.9.